The van der Waals surface area contributed by atoms with Crippen LogP contribution >= 0.6 is 0 Å². The van der Waals surface area contributed by atoms with Gasteiger partial charge in [-0.05, 0) is 6.92 Å². The lowest BCUT2D eigenvalue weighted by Crippen LogP contribution is -2.49. The first-order valence-electron chi connectivity index (χ1n) is 3.39. The molecule has 11 heavy (non-hydrogen) atoms. The third-order valence-corrected chi connectivity index (χ3v) is 1.60. The first-order valence-corrected chi connectivity index (χ1v) is 3.39. The number of hydrogen-bond acceptors (Lipinski definition) is 3. The number of nitrogens with one attached hydrogen (secondary N) is 1. The molecule has 0 saturated carbocycles. The summed E-state index contributed by atoms with van der Waals surface area (Å²) in [6.07, 6.45) is 1.43. The molecule has 1 atom stereocenters. The van der Waals surface area contributed by atoms with Gasteiger partial charge in [-0.25, -0.2) is 0 Å². The Bertz CT molecular complexity index is 201. The third kappa shape index (κ3) is 1.51. The summed E-state index contributed by atoms with van der Waals surface area (Å²) in [5.41, 5.74) is 0.695. The lowest BCUT2D eigenvalue weighted by Gasteiger charge is -2.30. The van der Waals surface area contributed by atoms with Crippen LogP contribution in [0.5, 0.6) is 0 Å². The zero-order valence-corrected chi connectivity index (χ0v) is 6.92. The molecule has 0 bridgehead atoms. The monoisotopic (exact) mass is 156 g/mol. The van der Waals surface area contributed by atoms with E-state index < -0.39 is 0 Å². The molecule has 0 aromatic carbocycles. The Morgan fingerprint density at radius 3 is 2.91 bits per heavy atom. The second-order valence-corrected chi connectivity index (χ2v) is 2.54. The molecule has 0 aromatic rings. The Hall–Kier alpha value is -1.03. The Labute approximate surface area is 65.8 Å². The van der Waals surface area contributed by atoms with Crippen LogP contribution in [-0.2, 0) is 9.53 Å². The number of amides is 1. The average molecular weight is 156 g/mol. The van der Waals surface area contributed by atoms with Gasteiger partial charge in [-0.3, -0.25) is 4.79 Å². The van der Waals surface area contributed by atoms with Crippen LogP contribution in [0.15, 0.2) is 11.8 Å². The smallest absolute Gasteiger partial charge is 0.251 e. The molecule has 1 heterocycles. The number of hydrogen-bond donors (Lipinski definition) is 1. The second-order valence-electron chi connectivity index (χ2n) is 2.54. The van der Waals surface area contributed by atoms with E-state index in [9.17, 15) is 4.79 Å². The van der Waals surface area contributed by atoms with E-state index in [4.69, 9.17) is 4.74 Å². The standard InChI is InChI=1S/C7H12N2O2/c1-5-4-9(2)7(11-3)8-6(5)10/h4,7H,1-3H3,(H,8,10). The van der Waals surface area contributed by atoms with Crippen molar-refractivity contribution in [1.82, 2.24) is 10.2 Å². The predicted molar refractivity (Wildman–Crippen MR) is 40.5 cm³/mol. The molecule has 4 heteroatoms. The molecular weight excluding hydrogens is 144 g/mol. The summed E-state index contributed by atoms with van der Waals surface area (Å²) < 4.78 is 4.97. The summed E-state index contributed by atoms with van der Waals surface area (Å²) in [6, 6.07) is 0. The molecule has 0 aromatic heterocycles. The Morgan fingerprint density at radius 1 is 1.73 bits per heavy atom. The topological polar surface area (TPSA) is 41.6 Å². The fourth-order valence-corrected chi connectivity index (χ4v) is 0.985. The van der Waals surface area contributed by atoms with Gasteiger partial charge in [0.05, 0.1) is 0 Å². The van der Waals surface area contributed by atoms with E-state index in [1.165, 1.54) is 0 Å². The molecular formula is C7H12N2O2. The van der Waals surface area contributed by atoms with E-state index in [2.05, 4.69) is 5.32 Å². The first kappa shape index (κ1) is 8.07. The second kappa shape index (κ2) is 2.92. The maximum absolute atomic E-state index is 11.0. The van der Waals surface area contributed by atoms with Crippen LogP contribution in [0.4, 0.5) is 0 Å². The maximum Gasteiger partial charge on any atom is 0.251 e. The average Bonchev–Trinajstić information content (AvgIpc) is 1.97. The van der Waals surface area contributed by atoms with Gasteiger partial charge in [-0.15, -0.1) is 0 Å². The number of carbonyl (C=O) groups is 1. The van der Waals surface area contributed by atoms with Crippen molar-refractivity contribution in [2.75, 3.05) is 14.2 Å². The lowest BCUT2D eigenvalue weighted by molar-refractivity contribution is -0.127. The van der Waals surface area contributed by atoms with Crippen molar-refractivity contribution in [1.29, 1.82) is 0 Å². The number of nitrogens with zero attached hydrogens (tertiary/aromatic N) is 1. The van der Waals surface area contributed by atoms with Gasteiger partial charge in [0.2, 0.25) is 6.35 Å². The summed E-state index contributed by atoms with van der Waals surface area (Å²) in [5.74, 6) is -0.0741. The van der Waals surface area contributed by atoms with Crippen LogP contribution < -0.4 is 5.32 Å². The van der Waals surface area contributed by atoms with Crippen molar-refractivity contribution in [3.63, 3.8) is 0 Å². The minimum absolute atomic E-state index is 0.0741. The van der Waals surface area contributed by atoms with Gasteiger partial charge in [0, 0.05) is 25.9 Å². The van der Waals surface area contributed by atoms with Crippen molar-refractivity contribution in [3.05, 3.63) is 11.8 Å². The van der Waals surface area contributed by atoms with E-state index in [-0.39, 0.29) is 12.3 Å². The van der Waals surface area contributed by atoms with E-state index >= 15 is 0 Å². The lowest BCUT2D eigenvalue weighted by atomic mass is 10.3. The largest absolute Gasteiger partial charge is 0.344 e. The predicted octanol–water partition coefficient (Wildman–Crippen LogP) is -0.118. The van der Waals surface area contributed by atoms with Crippen LogP contribution in [0.2, 0.25) is 0 Å². The summed E-state index contributed by atoms with van der Waals surface area (Å²) in [7, 11) is 3.40. The SMILES string of the molecule is COC1NC(=O)C(C)=CN1C. The van der Waals surface area contributed by atoms with E-state index in [0.717, 1.165) is 0 Å². The zero-order valence-electron chi connectivity index (χ0n) is 6.92. The van der Waals surface area contributed by atoms with Gasteiger partial charge in [0.15, 0.2) is 0 Å². The fourth-order valence-electron chi connectivity index (χ4n) is 0.985. The van der Waals surface area contributed by atoms with E-state index in [1.54, 1.807) is 25.1 Å². The van der Waals surface area contributed by atoms with Crippen molar-refractivity contribution in [3.8, 4) is 0 Å². The fraction of sp³-hybridized carbons (Fsp3) is 0.571. The van der Waals surface area contributed by atoms with Gasteiger partial charge in [-0.2, -0.15) is 0 Å². The van der Waals surface area contributed by atoms with Crippen molar-refractivity contribution in [2.24, 2.45) is 0 Å². The van der Waals surface area contributed by atoms with Crippen molar-refractivity contribution in [2.45, 2.75) is 13.3 Å². The van der Waals surface area contributed by atoms with Crippen molar-refractivity contribution >= 4 is 5.91 Å². The van der Waals surface area contributed by atoms with E-state index in [1.807, 2.05) is 7.05 Å². The molecule has 0 spiro atoms. The van der Waals surface area contributed by atoms with Gasteiger partial charge >= 0.3 is 0 Å². The highest BCUT2D eigenvalue weighted by Crippen LogP contribution is 2.06. The highest BCUT2D eigenvalue weighted by molar-refractivity contribution is 5.93. The quantitative estimate of drug-likeness (QED) is 0.575. The first-order chi connectivity index (χ1) is 5.15. The number of methoxy groups -OCH3 is 1. The molecule has 1 aliphatic rings. The molecule has 1 rings (SSSR count). The van der Waals surface area contributed by atoms with Crippen LogP contribution in [0.3, 0.4) is 0 Å². The molecule has 1 amide bonds. The number of rotatable bonds is 1. The molecule has 1 N–H and O–H groups in total. The number of carbonyl (C=O) groups excluding carboxylic acids is 1. The molecule has 0 aliphatic carbocycles. The van der Waals surface area contributed by atoms with Crippen LogP contribution in [0, 0.1) is 0 Å². The molecule has 1 aliphatic heterocycles. The highest BCUT2D eigenvalue weighted by atomic mass is 16.5. The summed E-state index contributed by atoms with van der Waals surface area (Å²) in [6.45, 7) is 1.76. The molecule has 1 unspecified atom stereocenters. The molecule has 4 nitrogen and oxygen atoms in total. The molecule has 0 fully saturated rings. The van der Waals surface area contributed by atoms with Gasteiger partial charge in [-0.1, -0.05) is 0 Å². The van der Waals surface area contributed by atoms with Gasteiger partial charge in [0.1, 0.15) is 0 Å². The van der Waals surface area contributed by atoms with Crippen LogP contribution in [-0.4, -0.2) is 31.3 Å². The maximum atomic E-state index is 11.0. The Kier molecular flexibility index (Phi) is 2.14. The zero-order chi connectivity index (χ0) is 8.43. The van der Waals surface area contributed by atoms with Crippen molar-refractivity contribution < 1.29 is 9.53 Å². The minimum atomic E-state index is -0.328. The number of ether oxygens (including phenoxy) is 1. The highest BCUT2D eigenvalue weighted by Gasteiger charge is 2.20. The molecule has 0 saturated heterocycles. The van der Waals surface area contributed by atoms with Crippen LogP contribution in [0.1, 0.15) is 6.92 Å². The normalized spacial score (nSPS) is 24.6. The molecule has 62 valence electrons. The Balaban J connectivity index is 2.75. The van der Waals surface area contributed by atoms with Gasteiger partial charge < -0.3 is 15.0 Å². The summed E-state index contributed by atoms with van der Waals surface area (Å²) >= 11 is 0. The van der Waals surface area contributed by atoms with Crippen LogP contribution in [0.25, 0.3) is 0 Å². The third-order valence-electron chi connectivity index (χ3n) is 1.60. The Morgan fingerprint density at radius 2 is 2.36 bits per heavy atom. The van der Waals surface area contributed by atoms with E-state index in [0.29, 0.717) is 5.57 Å². The summed E-state index contributed by atoms with van der Waals surface area (Å²) in [4.78, 5) is 12.8. The summed E-state index contributed by atoms with van der Waals surface area (Å²) in [5, 5.41) is 2.66. The minimum Gasteiger partial charge on any atom is -0.344 e. The van der Waals surface area contributed by atoms with Gasteiger partial charge in [0.25, 0.3) is 5.91 Å². The molecule has 0 radical (unpaired) electrons.